The van der Waals surface area contributed by atoms with Gasteiger partial charge < -0.3 is 10.1 Å². The maximum atomic E-state index is 13.4. The van der Waals surface area contributed by atoms with Crippen LogP contribution in [0.5, 0.6) is 5.75 Å². The average molecular weight is 470 g/mol. The zero-order valence-corrected chi connectivity index (χ0v) is 21.5. The van der Waals surface area contributed by atoms with Gasteiger partial charge >= 0.3 is 0 Å². The minimum atomic E-state index is -0.307. The fourth-order valence-electron chi connectivity index (χ4n) is 5.91. The lowest BCUT2D eigenvalue weighted by Gasteiger charge is -2.44. The molecule has 2 aliphatic carbocycles. The van der Waals surface area contributed by atoms with Crippen molar-refractivity contribution in [2.45, 2.75) is 72.8 Å². The molecule has 5 rings (SSSR count). The van der Waals surface area contributed by atoms with Crippen LogP contribution in [-0.4, -0.2) is 11.6 Å². The van der Waals surface area contributed by atoms with E-state index in [-0.39, 0.29) is 28.3 Å². The van der Waals surface area contributed by atoms with Gasteiger partial charge in [0.25, 0.3) is 0 Å². The number of benzene rings is 2. The van der Waals surface area contributed by atoms with Crippen LogP contribution >= 0.6 is 0 Å². The highest BCUT2D eigenvalue weighted by molar-refractivity contribution is 6.06. The number of carbonyl (C=O) groups excluding carboxylic acids is 2. The molecule has 0 saturated carbocycles. The Bertz CT molecular complexity index is 1210. The Kier molecular flexibility index (Phi) is 5.74. The first-order valence-electron chi connectivity index (χ1n) is 12.6. The summed E-state index contributed by atoms with van der Waals surface area (Å²) in [6, 6.07) is 16.2. The van der Waals surface area contributed by atoms with Crippen LogP contribution in [-0.2, 0) is 16.2 Å². The van der Waals surface area contributed by atoms with Gasteiger partial charge in [-0.2, -0.15) is 0 Å². The molecule has 0 saturated heterocycles. The average Bonchev–Trinajstić information content (AvgIpc) is 2.76. The Hall–Kier alpha value is -3.14. The molecule has 4 nitrogen and oxygen atoms in total. The Morgan fingerprint density at radius 1 is 0.800 bits per heavy atom. The van der Waals surface area contributed by atoms with Crippen LogP contribution in [0.15, 0.2) is 71.1 Å². The first kappa shape index (κ1) is 23.6. The van der Waals surface area contributed by atoms with Crippen LogP contribution in [0.2, 0.25) is 0 Å². The number of Topliss-reactive ketones (excluding diaryl/α,β-unsaturated/α-hetero) is 2. The molecule has 182 valence electrons. The summed E-state index contributed by atoms with van der Waals surface area (Å²) in [6.45, 7) is 11.2. The van der Waals surface area contributed by atoms with Gasteiger partial charge in [-0.25, -0.2) is 0 Å². The summed E-state index contributed by atoms with van der Waals surface area (Å²) in [5.74, 6) is 0.774. The van der Waals surface area contributed by atoms with Crippen LogP contribution < -0.4 is 10.1 Å². The van der Waals surface area contributed by atoms with E-state index in [4.69, 9.17) is 4.74 Å². The molecule has 0 aromatic heterocycles. The second-order valence-corrected chi connectivity index (χ2v) is 12.0. The van der Waals surface area contributed by atoms with Gasteiger partial charge in [0.05, 0.1) is 0 Å². The van der Waals surface area contributed by atoms with Gasteiger partial charge in [0.15, 0.2) is 11.6 Å². The lowest BCUT2D eigenvalue weighted by molar-refractivity contribution is -0.119. The molecule has 0 fully saturated rings. The molecule has 2 aromatic rings. The zero-order chi connectivity index (χ0) is 25.0. The summed E-state index contributed by atoms with van der Waals surface area (Å²) >= 11 is 0. The SMILES string of the molecule is Cc1ccccc1COc1ccc(C2C3=C(CC(C)(C)CC3=O)NC3=C2C(=O)CC(C)(C)C3)cc1. The van der Waals surface area contributed by atoms with Gasteiger partial charge in [0.2, 0.25) is 0 Å². The maximum Gasteiger partial charge on any atom is 0.162 e. The first-order valence-corrected chi connectivity index (χ1v) is 12.6. The van der Waals surface area contributed by atoms with Gasteiger partial charge in [0, 0.05) is 41.3 Å². The highest BCUT2D eigenvalue weighted by atomic mass is 16.5. The number of ether oxygens (including phenoxy) is 1. The van der Waals surface area contributed by atoms with Crippen molar-refractivity contribution in [3.63, 3.8) is 0 Å². The molecule has 3 aliphatic rings. The summed E-state index contributed by atoms with van der Waals surface area (Å²) in [5, 5.41) is 3.58. The number of dihydropyridines is 1. The van der Waals surface area contributed by atoms with E-state index >= 15 is 0 Å². The van der Waals surface area contributed by atoms with Crippen molar-refractivity contribution in [3.05, 3.63) is 87.8 Å². The van der Waals surface area contributed by atoms with E-state index in [1.807, 2.05) is 36.4 Å². The van der Waals surface area contributed by atoms with Gasteiger partial charge in [-0.1, -0.05) is 64.1 Å². The normalized spacial score (nSPS) is 21.4. The monoisotopic (exact) mass is 469 g/mol. The Morgan fingerprint density at radius 3 is 1.89 bits per heavy atom. The smallest absolute Gasteiger partial charge is 0.162 e. The van der Waals surface area contributed by atoms with Crippen LogP contribution in [0.3, 0.4) is 0 Å². The molecule has 0 bridgehead atoms. The lowest BCUT2D eigenvalue weighted by Crippen LogP contribution is -2.42. The van der Waals surface area contributed by atoms with Crippen molar-refractivity contribution in [1.29, 1.82) is 0 Å². The third kappa shape index (κ3) is 4.59. The van der Waals surface area contributed by atoms with E-state index in [9.17, 15) is 9.59 Å². The molecule has 35 heavy (non-hydrogen) atoms. The number of rotatable bonds is 4. The number of carbonyl (C=O) groups is 2. The summed E-state index contributed by atoms with van der Waals surface area (Å²) in [4.78, 5) is 26.9. The van der Waals surface area contributed by atoms with Crippen molar-refractivity contribution < 1.29 is 14.3 Å². The molecular formula is C31H35NO3. The van der Waals surface area contributed by atoms with Gasteiger partial charge in [0.1, 0.15) is 12.4 Å². The zero-order valence-electron chi connectivity index (χ0n) is 21.5. The van der Waals surface area contributed by atoms with Crippen LogP contribution in [0, 0.1) is 17.8 Å². The summed E-state index contributed by atoms with van der Waals surface area (Å²) in [5.41, 5.74) is 6.73. The number of aryl methyl sites for hydroxylation is 1. The third-order valence-electron chi connectivity index (χ3n) is 7.59. The second kappa shape index (κ2) is 8.51. The molecule has 0 radical (unpaired) electrons. The van der Waals surface area contributed by atoms with E-state index in [0.717, 1.165) is 52.3 Å². The minimum Gasteiger partial charge on any atom is -0.489 e. The predicted octanol–water partition coefficient (Wildman–Crippen LogP) is 6.55. The van der Waals surface area contributed by atoms with Gasteiger partial charge in [-0.15, -0.1) is 0 Å². The van der Waals surface area contributed by atoms with Crippen molar-refractivity contribution in [2.75, 3.05) is 0 Å². The van der Waals surface area contributed by atoms with Gasteiger partial charge in [-0.3, -0.25) is 9.59 Å². The van der Waals surface area contributed by atoms with Crippen molar-refractivity contribution in [2.24, 2.45) is 10.8 Å². The molecule has 1 aliphatic heterocycles. The number of hydrogen-bond donors (Lipinski definition) is 1. The summed E-state index contributed by atoms with van der Waals surface area (Å²) < 4.78 is 6.06. The Balaban J connectivity index is 1.50. The number of nitrogens with one attached hydrogen (secondary N) is 1. The molecule has 1 N–H and O–H groups in total. The number of ketones is 2. The van der Waals surface area contributed by atoms with E-state index in [0.29, 0.717) is 19.4 Å². The van der Waals surface area contributed by atoms with Gasteiger partial charge in [-0.05, 0) is 59.4 Å². The van der Waals surface area contributed by atoms with Crippen LogP contribution in [0.1, 0.15) is 76.0 Å². The predicted molar refractivity (Wildman–Crippen MR) is 138 cm³/mol. The summed E-state index contributed by atoms with van der Waals surface area (Å²) in [7, 11) is 0. The maximum absolute atomic E-state index is 13.4. The highest BCUT2D eigenvalue weighted by Gasteiger charge is 2.46. The topological polar surface area (TPSA) is 55.4 Å². The molecule has 0 unspecified atom stereocenters. The van der Waals surface area contributed by atoms with Crippen LogP contribution in [0.4, 0.5) is 0 Å². The Morgan fingerprint density at radius 2 is 1.34 bits per heavy atom. The van der Waals surface area contributed by atoms with E-state index in [1.165, 1.54) is 5.56 Å². The minimum absolute atomic E-state index is 0.0903. The number of allylic oxidation sites excluding steroid dienone is 4. The van der Waals surface area contributed by atoms with E-state index in [1.54, 1.807) is 0 Å². The molecule has 4 heteroatoms. The molecule has 0 spiro atoms. The largest absolute Gasteiger partial charge is 0.489 e. The molecule has 2 aromatic carbocycles. The van der Waals surface area contributed by atoms with E-state index < -0.39 is 0 Å². The third-order valence-corrected chi connectivity index (χ3v) is 7.59. The fraction of sp³-hybridized carbons (Fsp3) is 0.419. The Labute approximate surface area is 208 Å². The highest BCUT2D eigenvalue weighted by Crippen LogP contribution is 2.51. The summed E-state index contributed by atoms with van der Waals surface area (Å²) in [6.07, 6.45) is 2.63. The quantitative estimate of drug-likeness (QED) is 0.552. The standard InChI is InChI=1S/C31H35NO3/c1-19-8-6-7-9-21(19)18-35-22-12-10-20(11-13-22)27-28-23(14-30(2,3)16-25(28)33)32-24-15-31(4,5)17-26(34)29(24)27/h6-13,27,32H,14-18H2,1-5H3. The van der Waals surface area contributed by atoms with Crippen molar-refractivity contribution >= 4 is 11.6 Å². The van der Waals surface area contributed by atoms with Crippen LogP contribution in [0.25, 0.3) is 0 Å². The fourth-order valence-corrected chi connectivity index (χ4v) is 5.91. The molecule has 0 amide bonds. The van der Waals surface area contributed by atoms with Crippen molar-refractivity contribution in [3.8, 4) is 5.75 Å². The molecular weight excluding hydrogens is 434 g/mol. The van der Waals surface area contributed by atoms with Crippen molar-refractivity contribution in [1.82, 2.24) is 5.32 Å². The molecule has 0 atom stereocenters. The first-order chi connectivity index (χ1) is 16.5. The lowest BCUT2D eigenvalue weighted by atomic mass is 9.64. The molecule has 1 heterocycles. The number of hydrogen-bond acceptors (Lipinski definition) is 4. The second-order valence-electron chi connectivity index (χ2n) is 12.0. The van der Waals surface area contributed by atoms with E-state index in [2.05, 4.69) is 52.1 Å².